The number of anilines is 1. The molecular formula is C21H23N3O. The lowest BCUT2D eigenvalue weighted by Crippen LogP contribution is -2.44. The van der Waals surface area contributed by atoms with E-state index in [1.54, 1.807) is 0 Å². The number of aliphatic imine (C=N–C) groups is 1. The van der Waals surface area contributed by atoms with Gasteiger partial charge < -0.3 is 0 Å². The van der Waals surface area contributed by atoms with Gasteiger partial charge in [0.2, 0.25) is 0 Å². The van der Waals surface area contributed by atoms with Gasteiger partial charge in [-0.05, 0) is 37.0 Å². The summed E-state index contributed by atoms with van der Waals surface area (Å²) >= 11 is 0. The molecule has 0 aliphatic carbocycles. The topological polar surface area (TPSA) is 35.9 Å². The summed E-state index contributed by atoms with van der Waals surface area (Å²) < 4.78 is 0. The summed E-state index contributed by atoms with van der Waals surface area (Å²) in [6, 6.07) is 17.7. The molecular weight excluding hydrogens is 310 g/mol. The normalized spacial score (nSPS) is 20.3. The zero-order valence-corrected chi connectivity index (χ0v) is 14.6. The molecule has 0 spiro atoms. The molecule has 128 valence electrons. The maximum absolute atomic E-state index is 13.1. The standard InChI is InChI=1S/C21H23N3O/c1-16-11-13-23(14-12-16)15-24-19-10-6-5-9-18(19)20(21(24)25)22-17-7-3-2-4-8-17/h2-10,16H,11-15H2,1H3. The van der Waals surface area contributed by atoms with Crippen LogP contribution >= 0.6 is 0 Å². The molecule has 0 atom stereocenters. The number of likely N-dealkylation sites (tertiary alicyclic amines) is 1. The Morgan fingerprint density at radius 1 is 1.00 bits per heavy atom. The van der Waals surface area contributed by atoms with E-state index in [4.69, 9.17) is 0 Å². The van der Waals surface area contributed by atoms with Gasteiger partial charge in [-0.2, -0.15) is 0 Å². The number of benzene rings is 2. The van der Waals surface area contributed by atoms with Crippen LogP contribution in [0.4, 0.5) is 11.4 Å². The predicted molar refractivity (Wildman–Crippen MR) is 101 cm³/mol. The van der Waals surface area contributed by atoms with Crippen LogP contribution in [0.25, 0.3) is 0 Å². The third kappa shape index (κ3) is 3.22. The molecule has 0 saturated carbocycles. The van der Waals surface area contributed by atoms with Crippen molar-refractivity contribution in [1.82, 2.24) is 4.90 Å². The molecule has 0 aromatic heterocycles. The van der Waals surface area contributed by atoms with Gasteiger partial charge in [0.25, 0.3) is 5.91 Å². The number of carbonyl (C=O) groups excluding carboxylic acids is 1. The molecule has 1 fully saturated rings. The first kappa shape index (κ1) is 16.0. The lowest BCUT2D eigenvalue weighted by atomic mass is 10.00. The second-order valence-corrected chi connectivity index (χ2v) is 6.99. The first-order chi connectivity index (χ1) is 12.2. The van der Waals surface area contributed by atoms with Crippen molar-refractivity contribution in [3.05, 3.63) is 60.2 Å². The van der Waals surface area contributed by atoms with Gasteiger partial charge in [0.15, 0.2) is 0 Å². The van der Waals surface area contributed by atoms with Gasteiger partial charge in [0, 0.05) is 18.7 Å². The fourth-order valence-electron chi connectivity index (χ4n) is 3.55. The summed E-state index contributed by atoms with van der Waals surface area (Å²) in [5.74, 6) is 0.789. The number of rotatable bonds is 3. The van der Waals surface area contributed by atoms with Gasteiger partial charge in [-0.15, -0.1) is 0 Å². The van der Waals surface area contributed by atoms with Gasteiger partial charge >= 0.3 is 0 Å². The molecule has 1 saturated heterocycles. The van der Waals surface area contributed by atoms with E-state index in [9.17, 15) is 4.79 Å². The summed E-state index contributed by atoms with van der Waals surface area (Å²) in [7, 11) is 0. The van der Waals surface area contributed by atoms with Crippen molar-refractivity contribution in [1.29, 1.82) is 0 Å². The predicted octanol–water partition coefficient (Wildman–Crippen LogP) is 3.84. The van der Waals surface area contributed by atoms with Crippen LogP contribution in [-0.2, 0) is 4.79 Å². The number of fused-ring (bicyclic) bond motifs is 1. The molecule has 1 amide bonds. The van der Waals surface area contributed by atoms with Crippen LogP contribution in [0.2, 0.25) is 0 Å². The maximum Gasteiger partial charge on any atom is 0.278 e. The van der Waals surface area contributed by atoms with Crippen LogP contribution in [0.3, 0.4) is 0 Å². The fraction of sp³-hybridized carbons (Fsp3) is 0.333. The maximum atomic E-state index is 13.1. The van der Waals surface area contributed by atoms with Gasteiger partial charge in [0.05, 0.1) is 18.0 Å². The molecule has 2 aliphatic heterocycles. The Bertz CT molecular complexity index is 792. The van der Waals surface area contributed by atoms with Gasteiger partial charge in [0.1, 0.15) is 5.71 Å². The average molecular weight is 333 g/mol. The second-order valence-electron chi connectivity index (χ2n) is 6.99. The van der Waals surface area contributed by atoms with Crippen LogP contribution in [-0.4, -0.2) is 36.3 Å². The highest BCUT2D eigenvalue weighted by molar-refractivity contribution is 6.54. The quantitative estimate of drug-likeness (QED) is 0.855. The van der Waals surface area contributed by atoms with E-state index < -0.39 is 0 Å². The van der Waals surface area contributed by atoms with E-state index in [0.717, 1.165) is 35.9 Å². The minimum Gasteiger partial charge on any atom is -0.293 e. The number of carbonyl (C=O) groups is 1. The number of hydrogen-bond donors (Lipinski definition) is 0. The molecule has 0 radical (unpaired) electrons. The summed E-state index contributed by atoms with van der Waals surface area (Å²) in [4.78, 5) is 22.0. The van der Waals surface area contributed by atoms with Crippen molar-refractivity contribution in [2.24, 2.45) is 10.9 Å². The molecule has 0 bridgehead atoms. The molecule has 0 N–H and O–H groups in total. The van der Waals surface area contributed by atoms with E-state index in [1.165, 1.54) is 12.8 Å². The van der Waals surface area contributed by atoms with E-state index in [0.29, 0.717) is 12.4 Å². The second kappa shape index (κ2) is 6.81. The molecule has 2 heterocycles. The van der Waals surface area contributed by atoms with Crippen molar-refractivity contribution < 1.29 is 4.79 Å². The molecule has 2 aromatic carbocycles. The summed E-state index contributed by atoms with van der Waals surface area (Å²) in [5.41, 5.74) is 3.27. The highest BCUT2D eigenvalue weighted by Crippen LogP contribution is 2.31. The Morgan fingerprint density at radius 3 is 2.44 bits per heavy atom. The van der Waals surface area contributed by atoms with Gasteiger partial charge in [-0.25, -0.2) is 4.99 Å². The van der Waals surface area contributed by atoms with Crippen molar-refractivity contribution in [2.75, 3.05) is 24.7 Å². The number of hydrogen-bond acceptors (Lipinski definition) is 3. The Kier molecular flexibility index (Phi) is 4.36. The largest absolute Gasteiger partial charge is 0.293 e. The summed E-state index contributed by atoms with van der Waals surface area (Å²) in [5, 5.41) is 0. The Morgan fingerprint density at radius 2 is 1.68 bits per heavy atom. The number of amides is 1. The zero-order chi connectivity index (χ0) is 17.2. The van der Waals surface area contributed by atoms with Crippen molar-refractivity contribution in [2.45, 2.75) is 19.8 Å². The van der Waals surface area contributed by atoms with Gasteiger partial charge in [-0.1, -0.05) is 43.3 Å². The number of para-hydroxylation sites is 2. The SMILES string of the molecule is CC1CCN(CN2C(=O)C(=Nc3ccccc3)c3ccccc32)CC1. The average Bonchev–Trinajstić information content (AvgIpc) is 2.90. The third-order valence-corrected chi connectivity index (χ3v) is 5.11. The first-order valence-electron chi connectivity index (χ1n) is 9.00. The number of nitrogens with zero attached hydrogens (tertiary/aromatic N) is 3. The molecule has 2 aliphatic rings. The highest BCUT2D eigenvalue weighted by Gasteiger charge is 2.35. The van der Waals surface area contributed by atoms with E-state index in [1.807, 2.05) is 59.5 Å². The van der Waals surface area contributed by atoms with E-state index in [-0.39, 0.29) is 5.91 Å². The molecule has 4 rings (SSSR count). The Balaban J connectivity index is 1.63. The minimum atomic E-state index is 0.00340. The zero-order valence-electron chi connectivity index (χ0n) is 14.6. The van der Waals surface area contributed by atoms with Crippen LogP contribution in [0, 0.1) is 5.92 Å². The number of piperidine rings is 1. The minimum absolute atomic E-state index is 0.00340. The van der Waals surface area contributed by atoms with E-state index >= 15 is 0 Å². The Labute approximate surface area is 148 Å². The molecule has 0 unspecified atom stereocenters. The summed E-state index contributed by atoms with van der Waals surface area (Å²) in [6.45, 7) is 5.06. The lowest BCUT2D eigenvalue weighted by molar-refractivity contribution is -0.112. The van der Waals surface area contributed by atoms with Crippen LogP contribution in [0.5, 0.6) is 0 Å². The third-order valence-electron chi connectivity index (χ3n) is 5.11. The van der Waals surface area contributed by atoms with Crippen molar-refractivity contribution >= 4 is 23.0 Å². The fourth-order valence-corrected chi connectivity index (χ4v) is 3.55. The molecule has 2 aromatic rings. The molecule has 4 nitrogen and oxygen atoms in total. The van der Waals surface area contributed by atoms with Gasteiger partial charge in [-0.3, -0.25) is 14.6 Å². The van der Waals surface area contributed by atoms with Crippen molar-refractivity contribution in [3.8, 4) is 0 Å². The van der Waals surface area contributed by atoms with Crippen molar-refractivity contribution in [3.63, 3.8) is 0 Å². The Hall–Kier alpha value is -2.46. The molecule has 4 heteroatoms. The van der Waals surface area contributed by atoms with Crippen LogP contribution in [0.1, 0.15) is 25.3 Å². The first-order valence-corrected chi connectivity index (χ1v) is 9.00. The summed E-state index contributed by atoms with van der Waals surface area (Å²) in [6.07, 6.45) is 2.41. The monoisotopic (exact) mass is 333 g/mol. The van der Waals surface area contributed by atoms with Crippen LogP contribution < -0.4 is 4.90 Å². The highest BCUT2D eigenvalue weighted by atomic mass is 16.2. The smallest absolute Gasteiger partial charge is 0.278 e. The van der Waals surface area contributed by atoms with E-state index in [2.05, 4.69) is 16.8 Å². The van der Waals surface area contributed by atoms with Crippen LogP contribution in [0.15, 0.2) is 59.6 Å². The lowest BCUT2D eigenvalue weighted by Gasteiger charge is -2.33. The molecule has 25 heavy (non-hydrogen) atoms.